The SMILES string of the molecule is C[C@H]1/C(=C/C(=O)OCCN(C)C)CC[C@H]2[C@H]1C(=O)C[C@H]1C(C)(C)[C@@H](O)CC[C@]21C.O=S(=O)(O)O. The second-order valence-corrected chi connectivity index (χ2v) is 12.1. The van der Waals surface area contributed by atoms with E-state index in [0.29, 0.717) is 31.3 Å². The van der Waals surface area contributed by atoms with Crippen molar-refractivity contribution in [2.75, 3.05) is 27.2 Å². The minimum atomic E-state index is -4.67. The molecule has 0 unspecified atom stereocenters. The summed E-state index contributed by atoms with van der Waals surface area (Å²) in [6.45, 7) is 9.82. The third kappa shape index (κ3) is 6.66. The molecule has 0 bridgehead atoms. The first kappa shape index (κ1) is 28.9. The Morgan fingerprint density at radius 2 is 1.79 bits per heavy atom. The normalized spacial score (nSPS) is 36.2. The number of rotatable bonds is 4. The lowest BCUT2D eigenvalue weighted by Gasteiger charge is -2.62. The van der Waals surface area contributed by atoms with Crippen molar-refractivity contribution in [1.29, 1.82) is 0 Å². The second-order valence-electron chi connectivity index (χ2n) is 11.2. The summed E-state index contributed by atoms with van der Waals surface area (Å²) >= 11 is 0. The number of Topliss-reactive ketones (excluding diaryl/α,β-unsaturated/α-hetero) is 1. The number of aliphatic hydroxyl groups is 1. The third-order valence-electron chi connectivity index (χ3n) is 8.52. The monoisotopic (exact) mass is 503 g/mol. The van der Waals surface area contributed by atoms with E-state index in [1.165, 1.54) is 0 Å². The molecule has 3 fully saturated rings. The molecule has 0 spiro atoms. The highest BCUT2D eigenvalue weighted by Crippen LogP contribution is 2.64. The highest BCUT2D eigenvalue weighted by atomic mass is 32.3. The summed E-state index contributed by atoms with van der Waals surface area (Å²) in [7, 11) is -0.770. The average molecular weight is 504 g/mol. The van der Waals surface area contributed by atoms with Gasteiger partial charge >= 0.3 is 16.4 Å². The lowest BCUT2D eigenvalue weighted by atomic mass is 9.42. The zero-order valence-corrected chi connectivity index (χ0v) is 22.0. The molecule has 0 aromatic rings. The van der Waals surface area contributed by atoms with Crippen LogP contribution in [0.1, 0.15) is 59.8 Å². The van der Waals surface area contributed by atoms with Crippen molar-refractivity contribution in [3.05, 3.63) is 11.6 Å². The number of nitrogens with zero attached hydrogens (tertiary/aromatic N) is 1. The van der Waals surface area contributed by atoms with Gasteiger partial charge in [0.25, 0.3) is 0 Å². The molecule has 10 heteroatoms. The number of esters is 1. The van der Waals surface area contributed by atoms with Crippen LogP contribution in [0.5, 0.6) is 0 Å². The molecule has 0 amide bonds. The largest absolute Gasteiger partial charge is 0.461 e. The van der Waals surface area contributed by atoms with Gasteiger partial charge in [-0.25, -0.2) is 4.79 Å². The molecule has 0 aromatic heterocycles. The van der Waals surface area contributed by atoms with Crippen LogP contribution in [0.15, 0.2) is 11.6 Å². The molecule has 3 N–H and O–H groups in total. The fourth-order valence-corrected chi connectivity index (χ4v) is 6.63. The molecular formula is C24H41NO8S. The zero-order valence-electron chi connectivity index (χ0n) is 21.2. The molecule has 196 valence electrons. The van der Waals surface area contributed by atoms with Gasteiger partial charge in [-0.05, 0) is 68.4 Å². The van der Waals surface area contributed by atoms with E-state index in [2.05, 4.69) is 27.7 Å². The van der Waals surface area contributed by atoms with Crippen LogP contribution in [0.4, 0.5) is 0 Å². The van der Waals surface area contributed by atoms with Crippen LogP contribution in [-0.4, -0.2) is 72.6 Å². The molecule has 3 saturated carbocycles. The van der Waals surface area contributed by atoms with Gasteiger partial charge in [-0.15, -0.1) is 0 Å². The van der Waals surface area contributed by atoms with E-state index in [1.54, 1.807) is 6.08 Å². The standard InChI is InChI=1S/C24H39NO4.H2O4S/c1-15-16(13-21(28)29-12-11-25(5)6)7-8-17-22(15)18(26)14-19-23(2,3)20(27)9-10-24(17,19)4;1-5(2,3)4/h13,15,17,19-20,22,27H,7-12,14H2,1-6H3;(H2,1,2,3,4)/b16-13+;/t15-,17-,19-,20-,22-,24+;/m0./s1. The maximum absolute atomic E-state index is 13.3. The zero-order chi connectivity index (χ0) is 26.1. The van der Waals surface area contributed by atoms with Gasteiger partial charge in [0.05, 0.1) is 6.10 Å². The van der Waals surface area contributed by atoms with Crippen molar-refractivity contribution < 1.29 is 37.0 Å². The van der Waals surface area contributed by atoms with E-state index < -0.39 is 10.4 Å². The fourth-order valence-electron chi connectivity index (χ4n) is 6.63. The molecule has 0 saturated heterocycles. The Kier molecular flexibility index (Phi) is 9.13. The first-order chi connectivity index (χ1) is 15.5. The van der Waals surface area contributed by atoms with Crippen molar-refractivity contribution in [2.24, 2.45) is 34.5 Å². The molecule has 9 nitrogen and oxygen atoms in total. The minimum Gasteiger partial charge on any atom is -0.461 e. The van der Waals surface area contributed by atoms with Crippen LogP contribution in [0.25, 0.3) is 0 Å². The molecule has 6 atom stereocenters. The molecule has 0 aliphatic heterocycles. The maximum Gasteiger partial charge on any atom is 0.394 e. The van der Waals surface area contributed by atoms with Crippen molar-refractivity contribution >= 4 is 22.2 Å². The Morgan fingerprint density at radius 3 is 2.35 bits per heavy atom. The van der Waals surface area contributed by atoms with Gasteiger partial charge < -0.3 is 14.7 Å². The van der Waals surface area contributed by atoms with E-state index in [-0.39, 0.29) is 40.7 Å². The summed E-state index contributed by atoms with van der Waals surface area (Å²) in [5.74, 6) is 0.645. The number of ether oxygens (including phenoxy) is 1. The number of likely N-dealkylation sites (N-methyl/N-ethyl adjacent to an activating group) is 1. The number of hydrogen-bond acceptors (Lipinski definition) is 7. The summed E-state index contributed by atoms with van der Waals surface area (Å²) < 4.78 is 36.9. The number of fused-ring (bicyclic) bond motifs is 3. The predicted molar refractivity (Wildman–Crippen MR) is 127 cm³/mol. The topological polar surface area (TPSA) is 141 Å². The third-order valence-corrected chi connectivity index (χ3v) is 8.52. The van der Waals surface area contributed by atoms with Crippen molar-refractivity contribution in [1.82, 2.24) is 4.90 Å². The van der Waals surface area contributed by atoms with E-state index >= 15 is 0 Å². The van der Waals surface area contributed by atoms with Gasteiger partial charge in [0.15, 0.2) is 0 Å². The number of ketones is 1. The smallest absolute Gasteiger partial charge is 0.394 e. The van der Waals surface area contributed by atoms with E-state index in [4.69, 9.17) is 22.3 Å². The lowest BCUT2D eigenvalue weighted by molar-refractivity contribution is -0.172. The van der Waals surface area contributed by atoms with Gasteiger partial charge in [-0.2, -0.15) is 8.42 Å². The summed E-state index contributed by atoms with van der Waals surface area (Å²) in [4.78, 5) is 27.5. The van der Waals surface area contributed by atoms with Gasteiger partial charge in [0, 0.05) is 25.0 Å². The van der Waals surface area contributed by atoms with Crippen molar-refractivity contribution in [2.45, 2.75) is 65.9 Å². The van der Waals surface area contributed by atoms with Crippen LogP contribution >= 0.6 is 0 Å². The predicted octanol–water partition coefficient (Wildman–Crippen LogP) is 2.80. The van der Waals surface area contributed by atoms with E-state index in [1.807, 2.05) is 19.0 Å². The molecule has 3 aliphatic rings. The Bertz CT molecular complexity index is 889. The Hall–Kier alpha value is -1.33. The Balaban J connectivity index is 0.000000739. The molecule has 3 rings (SSSR count). The minimum absolute atomic E-state index is 0.0168. The van der Waals surface area contributed by atoms with Gasteiger partial charge in [0.1, 0.15) is 12.4 Å². The number of hydrogen-bond donors (Lipinski definition) is 3. The Labute approximate surface area is 203 Å². The van der Waals surface area contributed by atoms with Crippen LogP contribution < -0.4 is 0 Å². The quantitative estimate of drug-likeness (QED) is 0.300. The van der Waals surface area contributed by atoms with Crippen LogP contribution in [0.3, 0.4) is 0 Å². The summed E-state index contributed by atoms with van der Waals surface area (Å²) in [6, 6.07) is 0. The summed E-state index contributed by atoms with van der Waals surface area (Å²) in [5.41, 5.74) is 0.905. The highest BCUT2D eigenvalue weighted by Gasteiger charge is 2.61. The lowest BCUT2D eigenvalue weighted by Crippen LogP contribution is -2.60. The van der Waals surface area contributed by atoms with Gasteiger partial charge in [-0.1, -0.05) is 33.3 Å². The van der Waals surface area contributed by atoms with Crippen LogP contribution in [-0.2, 0) is 24.7 Å². The summed E-state index contributed by atoms with van der Waals surface area (Å²) in [6.07, 6.45) is 5.44. The first-order valence-corrected chi connectivity index (χ1v) is 13.3. The van der Waals surface area contributed by atoms with Crippen molar-refractivity contribution in [3.63, 3.8) is 0 Å². The van der Waals surface area contributed by atoms with Gasteiger partial charge in [0.2, 0.25) is 0 Å². The number of aliphatic hydroxyl groups excluding tert-OH is 1. The molecule has 0 heterocycles. The van der Waals surface area contributed by atoms with E-state index in [0.717, 1.165) is 31.3 Å². The first-order valence-electron chi connectivity index (χ1n) is 11.9. The maximum atomic E-state index is 13.3. The highest BCUT2D eigenvalue weighted by molar-refractivity contribution is 7.79. The van der Waals surface area contributed by atoms with E-state index in [9.17, 15) is 14.7 Å². The van der Waals surface area contributed by atoms with Crippen LogP contribution in [0.2, 0.25) is 0 Å². The molecular weight excluding hydrogens is 462 g/mol. The Morgan fingerprint density at radius 1 is 1.21 bits per heavy atom. The molecule has 34 heavy (non-hydrogen) atoms. The number of allylic oxidation sites excluding steroid dienone is 1. The average Bonchev–Trinajstić information content (AvgIpc) is 2.67. The fraction of sp³-hybridized carbons (Fsp3) is 0.833. The number of carbonyl (C=O) groups excluding carboxylic acids is 2. The molecule has 0 radical (unpaired) electrons. The van der Waals surface area contributed by atoms with Crippen LogP contribution in [0, 0.1) is 34.5 Å². The second kappa shape index (κ2) is 10.7. The summed E-state index contributed by atoms with van der Waals surface area (Å²) in [5, 5.41) is 10.6. The molecule has 3 aliphatic carbocycles. The number of carbonyl (C=O) groups is 2. The van der Waals surface area contributed by atoms with Crippen molar-refractivity contribution in [3.8, 4) is 0 Å². The van der Waals surface area contributed by atoms with Gasteiger partial charge in [-0.3, -0.25) is 13.9 Å². The molecule has 0 aromatic carbocycles.